The molecule has 0 aromatic heterocycles. The molecule has 1 aliphatic rings. The molecule has 0 radical (unpaired) electrons. The number of para-hydroxylation sites is 1. The van der Waals surface area contributed by atoms with Crippen LogP contribution in [0.3, 0.4) is 0 Å². The van der Waals surface area contributed by atoms with Gasteiger partial charge in [0.2, 0.25) is 0 Å². The van der Waals surface area contributed by atoms with Crippen molar-refractivity contribution < 1.29 is 0 Å². The van der Waals surface area contributed by atoms with Gasteiger partial charge in [0.25, 0.3) is 0 Å². The van der Waals surface area contributed by atoms with Crippen LogP contribution in [0, 0.1) is 0 Å². The molecule has 1 atom stereocenters. The maximum atomic E-state index is 4.39. The number of benzene rings is 2. The van der Waals surface area contributed by atoms with Gasteiger partial charge in [-0.3, -0.25) is 4.99 Å². The maximum Gasteiger partial charge on any atom is 0.191 e. The Hall–Kier alpha value is -2.69. The second kappa shape index (κ2) is 8.61. The standard InChI is InChI=1S/C21H29N5/c1-22-21(23-15-17-8-7-11-20(14-17)25(2)3)24-18-12-13-26(16-18)19-9-5-4-6-10-19/h4-11,14,18H,12-13,15-16H2,1-3H3,(H2,22,23,24). The Bertz CT molecular complexity index is 726. The van der Waals surface area contributed by atoms with Crippen molar-refractivity contribution in [3.05, 3.63) is 60.2 Å². The Kier molecular flexibility index (Phi) is 6.00. The second-order valence-corrected chi connectivity index (χ2v) is 6.90. The van der Waals surface area contributed by atoms with E-state index in [1.54, 1.807) is 0 Å². The van der Waals surface area contributed by atoms with Crippen molar-refractivity contribution in [3.8, 4) is 0 Å². The van der Waals surface area contributed by atoms with Gasteiger partial charge in [-0.1, -0.05) is 30.3 Å². The number of rotatable bonds is 5. The van der Waals surface area contributed by atoms with Gasteiger partial charge in [0, 0.05) is 58.2 Å². The fourth-order valence-corrected chi connectivity index (χ4v) is 3.27. The van der Waals surface area contributed by atoms with E-state index in [-0.39, 0.29) is 0 Å². The number of hydrogen-bond acceptors (Lipinski definition) is 3. The van der Waals surface area contributed by atoms with Gasteiger partial charge < -0.3 is 20.4 Å². The van der Waals surface area contributed by atoms with Gasteiger partial charge in [-0.15, -0.1) is 0 Å². The zero-order valence-corrected chi connectivity index (χ0v) is 15.9. The Labute approximate surface area is 156 Å². The molecule has 2 aromatic rings. The zero-order valence-electron chi connectivity index (χ0n) is 15.9. The highest BCUT2D eigenvalue weighted by molar-refractivity contribution is 5.80. The van der Waals surface area contributed by atoms with Crippen molar-refractivity contribution in [2.24, 2.45) is 4.99 Å². The number of nitrogens with zero attached hydrogens (tertiary/aromatic N) is 3. The van der Waals surface area contributed by atoms with Crippen LogP contribution in [0.15, 0.2) is 59.6 Å². The molecule has 1 heterocycles. The van der Waals surface area contributed by atoms with Crippen LogP contribution in [-0.2, 0) is 6.54 Å². The SMILES string of the molecule is CN=C(NCc1cccc(N(C)C)c1)NC1CCN(c2ccccc2)C1. The first-order chi connectivity index (χ1) is 12.7. The van der Waals surface area contributed by atoms with E-state index in [1.165, 1.54) is 16.9 Å². The first-order valence-electron chi connectivity index (χ1n) is 9.19. The summed E-state index contributed by atoms with van der Waals surface area (Å²) in [6.07, 6.45) is 1.12. The zero-order chi connectivity index (χ0) is 18.4. The first kappa shape index (κ1) is 18.1. The highest BCUT2D eigenvalue weighted by Crippen LogP contribution is 2.19. The summed E-state index contributed by atoms with van der Waals surface area (Å²) < 4.78 is 0. The number of hydrogen-bond donors (Lipinski definition) is 2. The van der Waals surface area contributed by atoms with Crippen molar-refractivity contribution in [3.63, 3.8) is 0 Å². The lowest BCUT2D eigenvalue weighted by molar-refractivity contribution is 0.648. The Morgan fingerprint density at radius 2 is 1.96 bits per heavy atom. The van der Waals surface area contributed by atoms with Crippen LogP contribution < -0.4 is 20.4 Å². The largest absolute Gasteiger partial charge is 0.378 e. The van der Waals surface area contributed by atoms with E-state index in [0.29, 0.717) is 6.04 Å². The third-order valence-corrected chi connectivity index (χ3v) is 4.76. The molecule has 5 heteroatoms. The molecule has 0 spiro atoms. The fourth-order valence-electron chi connectivity index (χ4n) is 3.27. The molecule has 5 nitrogen and oxygen atoms in total. The number of nitrogens with one attached hydrogen (secondary N) is 2. The van der Waals surface area contributed by atoms with Gasteiger partial charge >= 0.3 is 0 Å². The van der Waals surface area contributed by atoms with Crippen LogP contribution in [0.4, 0.5) is 11.4 Å². The van der Waals surface area contributed by atoms with Gasteiger partial charge in [-0.2, -0.15) is 0 Å². The third-order valence-electron chi connectivity index (χ3n) is 4.76. The van der Waals surface area contributed by atoms with Crippen LogP contribution in [0.2, 0.25) is 0 Å². The molecule has 0 aliphatic carbocycles. The molecule has 26 heavy (non-hydrogen) atoms. The van der Waals surface area contributed by atoms with E-state index in [1.807, 2.05) is 7.05 Å². The second-order valence-electron chi connectivity index (χ2n) is 6.90. The van der Waals surface area contributed by atoms with Gasteiger partial charge in [0.05, 0.1) is 0 Å². The van der Waals surface area contributed by atoms with Gasteiger partial charge in [-0.25, -0.2) is 0 Å². The molecule has 0 amide bonds. The molecule has 0 bridgehead atoms. The minimum absolute atomic E-state index is 0.412. The Balaban J connectivity index is 1.52. The minimum Gasteiger partial charge on any atom is -0.378 e. The first-order valence-corrected chi connectivity index (χ1v) is 9.19. The minimum atomic E-state index is 0.412. The van der Waals surface area contributed by atoms with E-state index < -0.39 is 0 Å². The van der Waals surface area contributed by atoms with Crippen LogP contribution in [0.1, 0.15) is 12.0 Å². The van der Waals surface area contributed by atoms with Gasteiger partial charge in [-0.05, 0) is 36.2 Å². The normalized spacial score (nSPS) is 17.3. The summed E-state index contributed by atoms with van der Waals surface area (Å²) in [6, 6.07) is 19.6. The number of anilines is 2. The molecule has 1 fully saturated rings. The lowest BCUT2D eigenvalue weighted by atomic mass is 10.2. The predicted molar refractivity (Wildman–Crippen MR) is 111 cm³/mol. The van der Waals surface area contributed by atoms with Crippen molar-refractivity contribution >= 4 is 17.3 Å². The fraction of sp³-hybridized carbons (Fsp3) is 0.381. The average Bonchev–Trinajstić information content (AvgIpc) is 3.14. The highest BCUT2D eigenvalue weighted by Gasteiger charge is 2.23. The Morgan fingerprint density at radius 1 is 1.15 bits per heavy atom. The molecule has 138 valence electrons. The summed E-state index contributed by atoms with van der Waals surface area (Å²) in [5.74, 6) is 0.861. The molecule has 1 saturated heterocycles. The summed E-state index contributed by atoms with van der Waals surface area (Å²) in [6.45, 7) is 2.83. The molecular formula is C21H29N5. The summed E-state index contributed by atoms with van der Waals surface area (Å²) in [5, 5.41) is 6.99. The summed E-state index contributed by atoms with van der Waals surface area (Å²) in [5.41, 5.74) is 3.75. The van der Waals surface area contributed by atoms with E-state index >= 15 is 0 Å². The van der Waals surface area contributed by atoms with Crippen molar-refractivity contribution in [1.29, 1.82) is 0 Å². The van der Waals surface area contributed by atoms with Crippen LogP contribution in [-0.4, -0.2) is 46.2 Å². The molecule has 3 rings (SSSR count). The average molecular weight is 351 g/mol. The molecule has 1 aliphatic heterocycles. The lowest BCUT2D eigenvalue weighted by Gasteiger charge is -2.20. The summed E-state index contributed by atoms with van der Waals surface area (Å²) in [4.78, 5) is 8.93. The Morgan fingerprint density at radius 3 is 2.69 bits per heavy atom. The van der Waals surface area contributed by atoms with E-state index in [2.05, 4.69) is 94.1 Å². The molecule has 2 aromatic carbocycles. The van der Waals surface area contributed by atoms with Crippen LogP contribution in [0.25, 0.3) is 0 Å². The predicted octanol–water partition coefficient (Wildman–Crippen LogP) is 2.70. The van der Waals surface area contributed by atoms with Gasteiger partial charge in [0.15, 0.2) is 5.96 Å². The molecule has 1 unspecified atom stereocenters. The van der Waals surface area contributed by atoms with Gasteiger partial charge in [0.1, 0.15) is 0 Å². The van der Waals surface area contributed by atoms with Crippen LogP contribution >= 0.6 is 0 Å². The van der Waals surface area contributed by atoms with E-state index in [0.717, 1.165) is 32.0 Å². The molecule has 2 N–H and O–H groups in total. The van der Waals surface area contributed by atoms with Crippen molar-refractivity contribution in [2.45, 2.75) is 19.0 Å². The third kappa shape index (κ3) is 4.69. The molecular weight excluding hydrogens is 322 g/mol. The molecule has 0 saturated carbocycles. The maximum absolute atomic E-state index is 4.39. The summed E-state index contributed by atoms with van der Waals surface area (Å²) in [7, 11) is 5.95. The quantitative estimate of drug-likeness (QED) is 0.642. The topological polar surface area (TPSA) is 42.9 Å². The van der Waals surface area contributed by atoms with Crippen molar-refractivity contribution in [2.75, 3.05) is 44.0 Å². The number of aliphatic imine (C=N–C) groups is 1. The smallest absolute Gasteiger partial charge is 0.191 e. The number of guanidine groups is 1. The monoisotopic (exact) mass is 351 g/mol. The van der Waals surface area contributed by atoms with E-state index in [4.69, 9.17) is 0 Å². The highest BCUT2D eigenvalue weighted by atomic mass is 15.2. The van der Waals surface area contributed by atoms with E-state index in [9.17, 15) is 0 Å². The summed E-state index contributed by atoms with van der Waals surface area (Å²) >= 11 is 0. The van der Waals surface area contributed by atoms with Crippen molar-refractivity contribution in [1.82, 2.24) is 10.6 Å². The lowest BCUT2D eigenvalue weighted by Crippen LogP contribution is -2.44. The van der Waals surface area contributed by atoms with Crippen LogP contribution in [0.5, 0.6) is 0 Å².